The van der Waals surface area contributed by atoms with E-state index < -0.39 is 0 Å². The minimum absolute atomic E-state index is 0.759. The van der Waals surface area contributed by atoms with Crippen LogP contribution in [0.5, 0.6) is 0 Å². The van der Waals surface area contributed by atoms with E-state index in [1.165, 1.54) is 18.5 Å². The molecule has 0 N–H and O–H groups in total. The third-order valence-electron chi connectivity index (χ3n) is 2.17. The highest BCUT2D eigenvalue weighted by atomic mass is 15.2. The van der Waals surface area contributed by atoms with Gasteiger partial charge in [-0.1, -0.05) is 12.2 Å². The van der Waals surface area contributed by atoms with Crippen LogP contribution in [0, 0.1) is 0 Å². The van der Waals surface area contributed by atoms with Gasteiger partial charge in [0.1, 0.15) is 0 Å². The fourth-order valence-electron chi connectivity index (χ4n) is 1.30. The van der Waals surface area contributed by atoms with Gasteiger partial charge in [-0.25, -0.2) is 0 Å². The Kier molecular flexibility index (Phi) is 2.75. The molecule has 1 rings (SSSR count). The Balaban J connectivity index is 2.43. The zero-order chi connectivity index (χ0) is 8.27. The summed E-state index contributed by atoms with van der Waals surface area (Å²) in [5, 5.41) is 0. The van der Waals surface area contributed by atoms with Crippen LogP contribution in [-0.2, 0) is 0 Å². The van der Waals surface area contributed by atoms with Crippen molar-refractivity contribution in [2.24, 2.45) is 0 Å². The minimum atomic E-state index is 0.759. The molecule has 0 saturated carbocycles. The summed E-state index contributed by atoms with van der Waals surface area (Å²) >= 11 is 0. The van der Waals surface area contributed by atoms with Crippen molar-refractivity contribution in [2.75, 3.05) is 6.54 Å². The maximum Gasteiger partial charge on any atom is 0.0273 e. The molecule has 0 radical (unpaired) electrons. The number of hydrogen-bond acceptors (Lipinski definition) is 1. The zero-order valence-corrected chi connectivity index (χ0v) is 7.67. The monoisotopic (exact) mass is 151 g/mol. The van der Waals surface area contributed by atoms with Crippen LogP contribution >= 0.6 is 0 Å². The van der Waals surface area contributed by atoms with Gasteiger partial charge in [-0.2, -0.15) is 0 Å². The number of likely N-dealkylation sites (tertiary alicyclic amines) is 1. The Morgan fingerprint density at radius 1 is 1.55 bits per heavy atom. The van der Waals surface area contributed by atoms with Gasteiger partial charge in [0.2, 0.25) is 0 Å². The van der Waals surface area contributed by atoms with Crippen LogP contribution < -0.4 is 0 Å². The molecule has 11 heavy (non-hydrogen) atoms. The smallest absolute Gasteiger partial charge is 0.0273 e. The van der Waals surface area contributed by atoms with E-state index in [4.69, 9.17) is 0 Å². The lowest BCUT2D eigenvalue weighted by atomic mass is 10.1. The Bertz CT molecular complexity index is 179. The molecule has 0 aromatic carbocycles. The van der Waals surface area contributed by atoms with Gasteiger partial charge >= 0.3 is 0 Å². The Morgan fingerprint density at radius 3 is 2.64 bits per heavy atom. The summed E-state index contributed by atoms with van der Waals surface area (Å²) in [6.07, 6.45) is 7.81. The number of allylic oxidation sites excluding steroid dienone is 3. The van der Waals surface area contributed by atoms with E-state index in [2.05, 4.69) is 44.0 Å². The van der Waals surface area contributed by atoms with E-state index in [1.54, 1.807) is 0 Å². The Hall–Kier alpha value is -0.720. The average Bonchev–Trinajstić information content (AvgIpc) is 1.98. The molecule has 1 aliphatic heterocycles. The predicted octanol–water partition coefficient (Wildman–Crippen LogP) is 2.56. The first-order valence-electron chi connectivity index (χ1n) is 4.31. The van der Waals surface area contributed by atoms with E-state index in [0.717, 1.165) is 6.04 Å². The summed E-state index contributed by atoms with van der Waals surface area (Å²) in [5.74, 6) is 0. The number of rotatable bonds is 2. The van der Waals surface area contributed by atoms with Gasteiger partial charge in [0.25, 0.3) is 0 Å². The third-order valence-corrected chi connectivity index (χ3v) is 2.17. The van der Waals surface area contributed by atoms with Crippen molar-refractivity contribution in [3.8, 4) is 0 Å². The lowest BCUT2D eigenvalue weighted by molar-refractivity contribution is 0.171. The SMILES string of the molecule is C/C=C\C(C)=C/N1CCC1C. The summed E-state index contributed by atoms with van der Waals surface area (Å²) in [4.78, 5) is 2.38. The van der Waals surface area contributed by atoms with Crippen LogP contribution in [0.25, 0.3) is 0 Å². The van der Waals surface area contributed by atoms with E-state index in [1.807, 2.05) is 0 Å². The summed E-state index contributed by atoms with van der Waals surface area (Å²) in [5.41, 5.74) is 1.35. The molecule has 1 aliphatic rings. The quantitative estimate of drug-likeness (QED) is 0.548. The summed E-state index contributed by atoms with van der Waals surface area (Å²) in [6.45, 7) is 7.70. The second kappa shape index (κ2) is 3.61. The van der Waals surface area contributed by atoms with Crippen LogP contribution in [0.2, 0.25) is 0 Å². The fourth-order valence-corrected chi connectivity index (χ4v) is 1.30. The van der Waals surface area contributed by atoms with Gasteiger partial charge in [-0.05, 0) is 32.8 Å². The third kappa shape index (κ3) is 2.11. The van der Waals surface area contributed by atoms with Gasteiger partial charge in [-0.3, -0.25) is 0 Å². The van der Waals surface area contributed by atoms with Crippen molar-refractivity contribution < 1.29 is 0 Å². The Labute approximate surface area is 69.4 Å². The van der Waals surface area contributed by atoms with Crippen molar-refractivity contribution in [1.29, 1.82) is 0 Å². The molecule has 0 bridgehead atoms. The molecule has 62 valence electrons. The second-order valence-electron chi connectivity index (χ2n) is 3.25. The van der Waals surface area contributed by atoms with Crippen LogP contribution in [0.15, 0.2) is 23.9 Å². The molecule has 0 amide bonds. The molecule has 1 heterocycles. The molecule has 1 nitrogen and oxygen atoms in total. The van der Waals surface area contributed by atoms with Crippen molar-refractivity contribution in [3.05, 3.63) is 23.9 Å². The van der Waals surface area contributed by atoms with E-state index >= 15 is 0 Å². The van der Waals surface area contributed by atoms with E-state index in [0.29, 0.717) is 0 Å². The van der Waals surface area contributed by atoms with Gasteiger partial charge in [-0.15, -0.1) is 0 Å². The molecule has 0 aromatic rings. The molecule has 0 spiro atoms. The molecule has 0 aliphatic carbocycles. The molecular weight excluding hydrogens is 134 g/mol. The molecular formula is C10H17N. The van der Waals surface area contributed by atoms with Gasteiger partial charge in [0.05, 0.1) is 0 Å². The van der Waals surface area contributed by atoms with Gasteiger partial charge < -0.3 is 4.90 Å². The number of nitrogens with zero attached hydrogens (tertiary/aromatic N) is 1. The van der Waals surface area contributed by atoms with Crippen molar-refractivity contribution in [1.82, 2.24) is 4.90 Å². The lowest BCUT2D eigenvalue weighted by Gasteiger charge is -2.38. The van der Waals surface area contributed by atoms with Crippen molar-refractivity contribution in [2.45, 2.75) is 33.2 Å². The van der Waals surface area contributed by atoms with E-state index in [9.17, 15) is 0 Å². The highest BCUT2D eigenvalue weighted by molar-refractivity contribution is 5.15. The highest BCUT2D eigenvalue weighted by Gasteiger charge is 2.19. The first kappa shape index (κ1) is 8.38. The van der Waals surface area contributed by atoms with Gasteiger partial charge in [0, 0.05) is 18.8 Å². The highest BCUT2D eigenvalue weighted by Crippen LogP contribution is 2.17. The normalized spacial score (nSPS) is 25.9. The van der Waals surface area contributed by atoms with Crippen LogP contribution in [0.3, 0.4) is 0 Å². The molecule has 1 saturated heterocycles. The van der Waals surface area contributed by atoms with E-state index in [-0.39, 0.29) is 0 Å². The predicted molar refractivity (Wildman–Crippen MR) is 49.4 cm³/mol. The average molecular weight is 151 g/mol. The second-order valence-corrected chi connectivity index (χ2v) is 3.25. The largest absolute Gasteiger partial charge is 0.374 e. The minimum Gasteiger partial charge on any atom is -0.374 e. The maximum atomic E-state index is 2.38. The van der Waals surface area contributed by atoms with Crippen LogP contribution in [-0.4, -0.2) is 17.5 Å². The zero-order valence-electron chi connectivity index (χ0n) is 7.67. The molecule has 1 fully saturated rings. The van der Waals surface area contributed by atoms with Crippen LogP contribution in [0.1, 0.15) is 27.2 Å². The summed E-state index contributed by atoms with van der Waals surface area (Å²) in [7, 11) is 0. The maximum absolute atomic E-state index is 2.38. The standard InChI is InChI=1S/C10H17N/c1-4-5-9(2)8-11-7-6-10(11)3/h4-5,8,10H,6-7H2,1-3H3/b5-4-,9-8-. The summed E-state index contributed by atoms with van der Waals surface area (Å²) < 4.78 is 0. The topological polar surface area (TPSA) is 3.24 Å². The first-order chi connectivity index (χ1) is 5.24. The van der Waals surface area contributed by atoms with Crippen molar-refractivity contribution >= 4 is 0 Å². The fraction of sp³-hybridized carbons (Fsp3) is 0.600. The first-order valence-corrected chi connectivity index (χ1v) is 4.31. The lowest BCUT2D eigenvalue weighted by Crippen LogP contribution is -2.41. The van der Waals surface area contributed by atoms with Crippen LogP contribution in [0.4, 0.5) is 0 Å². The molecule has 0 aromatic heterocycles. The van der Waals surface area contributed by atoms with Crippen molar-refractivity contribution in [3.63, 3.8) is 0 Å². The summed E-state index contributed by atoms with van der Waals surface area (Å²) in [6, 6.07) is 0.759. The molecule has 1 atom stereocenters. The Morgan fingerprint density at radius 2 is 2.27 bits per heavy atom. The molecule has 1 heteroatoms. The molecule has 1 unspecified atom stereocenters. The number of hydrogen-bond donors (Lipinski definition) is 0. The van der Waals surface area contributed by atoms with Gasteiger partial charge in [0.15, 0.2) is 0 Å².